The van der Waals surface area contributed by atoms with Gasteiger partial charge in [0, 0.05) is 30.2 Å². The van der Waals surface area contributed by atoms with Gasteiger partial charge in [-0.1, -0.05) is 5.11 Å². The van der Waals surface area contributed by atoms with Crippen LogP contribution in [0.4, 0.5) is 0 Å². The molecule has 1 fully saturated rings. The second-order valence-corrected chi connectivity index (χ2v) is 5.81. The lowest BCUT2D eigenvalue weighted by atomic mass is 9.95. The quantitative estimate of drug-likeness (QED) is 0.510. The van der Waals surface area contributed by atoms with Gasteiger partial charge in [0.1, 0.15) is 6.23 Å². The van der Waals surface area contributed by atoms with Crippen molar-refractivity contribution in [1.29, 1.82) is 0 Å². The lowest BCUT2D eigenvalue weighted by Gasteiger charge is -2.32. The maximum Gasteiger partial charge on any atom is 0.330 e. The lowest BCUT2D eigenvalue weighted by Crippen LogP contribution is -2.43. The average Bonchev–Trinajstić information content (AvgIpc) is 2.88. The molecule has 22 heavy (non-hydrogen) atoms. The Labute approximate surface area is 126 Å². The molecule has 1 saturated heterocycles. The van der Waals surface area contributed by atoms with Crippen LogP contribution in [0.3, 0.4) is 0 Å². The van der Waals surface area contributed by atoms with E-state index < -0.39 is 35.2 Å². The predicted molar refractivity (Wildman–Crippen MR) is 78.6 cm³/mol. The fraction of sp³-hybridized carbons (Fsp3) is 0.692. The van der Waals surface area contributed by atoms with Crippen LogP contribution in [0, 0.1) is 6.92 Å². The predicted octanol–water partition coefficient (Wildman–Crippen LogP) is 1.24. The summed E-state index contributed by atoms with van der Waals surface area (Å²) in [5.41, 5.74) is 7.45. The van der Waals surface area contributed by atoms with Gasteiger partial charge in [0.25, 0.3) is 5.56 Å². The van der Waals surface area contributed by atoms with Crippen LogP contribution in [0.5, 0.6) is 0 Å². The molecule has 1 N–H and O–H groups in total. The van der Waals surface area contributed by atoms with Crippen LogP contribution in [0.1, 0.15) is 32.1 Å². The molecule has 0 bridgehead atoms. The largest absolute Gasteiger partial charge is 0.376 e. The number of nitrogens with one attached hydrogen (secondary N) is 1. The van der Waals surface area contributed by atoms with Crippen LogP contribution in [0.15, 0.2) is 20.9 Å². The number of H-pyrrole nitrogens is 1. The van der Waals surface area contributed by atoms with E-state index in [1.165, 1.54) is 10.8 Å². The fourth-order valence-corrected chi connectivity index (χ4v) is 2.54. The number of azide groups is 1. The second kappa shape index (κ2) is 5.96. The van der Waals surface area contributed by atoms with Crippen LogP contribution in [0.2, 0.25) is 0 Å². The minimum Gasteiger partial charge on any atom is -0.376 e. The van der Waals surface area contributed by atoms with Gasteiger partial charge >= 0.3 is 5.69 Å². The minimum atomic E-state index is -0.686. The highest BCUT2D eigenvalue weighted by Crippen LogP contribution is 2.36. The third-order valence-electron chi connectivity index (χ3n) is 3.96. The number of hydrogen-bond acceptors (Lipinski definition) is 5. The molecule has 2 heterocycles. The summed E-state index contributed by atoms with van der Waals surface area (Å²) in [6, 6.07) is -0.468. The standard InChI is InChI=1S/C13H19N5O4/c1-7-6-18(12(20)15-11(7)19)9-5-8(16-17-14)10(22-9)13(2,3)21-4/h6,8-10H,5H2,1-4H3,(H,15,19,20)/t8-,9+,10-/m0/s1. The summed E-state index contributed by atoms with van der Waals surface area (Å²) in [5, 5.41) is 3.75. The normalized spacial score (nSPS) is 25.0. The highest BCUT2D eigenvalue weighted by molar-refractivity contribution is 5.03. The van der Waals surface area contributed by atoms with Crippen LogP contribution in [0.25, 0.3) is 10.4 Å². The van der Waals surface area contributed by atoms with Crippen molar-refractivity contribution < 1.29 is 9.47 Å². The van der Waals surface area contributed by atoms with Crippen molar-refractivity contribution in [3.63, 3.8) is 0 Å². The van der Waals surface area contributed by atoms with Crippen molar-refractivity contribution in [2.24, 2.45) is 5.11 Å². The van der Waals surface area contributed by atoms with Crippen molar-refractivity contribution in [1.82, 2.24) is 9.55 Å². The molecule has 0 radical (unpaired) electrons. The molecule has 0 saturated carbocycles. The molecule has 0 aliphatic carbocycles. The summed E-state index contributed by atoms with van der Waals surface area (Å²) in [5.74, 6) is 0. The summed E-state index contributed by atoms with van der Waals surface area (Å²) in [7, 11) is 1.54. The zero-order chi connectivity index (χ0) is 16.5. The number of aromatic nitrogens is 2. The Bertz CT molecular complexity index is 716. The second-order valence-electron chi connectivity index (χ2n) is 5.81. The topological polar surface area (TPSA) is 122 Å². The highest BCUT2D eigenvalue weighted by atomic mass is 16.6. The third kappa shape index (κ3) is 2.92. The molecule has 3 atom stereocenters. The zero-order valence-electron chi connectivity index (χ0n) is 12.9. The van der Waals surface area contributed by atoms with Gasteiger partial charge in [-0.2, -0.15) is 0 Å². The van der Waals surface area contributed by atoms with E-state index in [0.29, 0.717) is 12.0 Å². The fourth-order valence-electron chi connectivity index (χ4n) is 2.54. The number of ether oxygens (including phenoxy) is 2. The Hall–Kier alpha value is -2.09. The van der Waals surface area contributed by atoms with Gasteiger partial charge in [-0.15, -0.1) is 0 Å². The Morgan fingerprint density at radius 2 is 2.23 bits per heavy atom. The summed E-state index contributed by atoms with van der Waals surface area (Å²) in [6.45, 7) is 5.24. The van der Waals surface area contributed by atoms with E-state index in [1.807, 2.05) is 13.8 Å². The van der Waals surface area contributed by atoms with Crippen LogP contribution in [-0.4, -0.2) is 34.4 Å². The number of hydrogen-bond donors (Lipinski definition) is 1. The van der Waals surface area contributed by atoms with E-state index in [9.17, 15) is 9.59 Å². The van der Waals surface area contributed by atoms with E-state index in [1.54, 1.807) is 14.0 Å². The maximum absolute atomic E-state index is 12.0. The van der Waals surface area contributed by atoms with Crippen LogP contribution >= 0.6 is 0 Å². The number of nitrogens with zero attached hydrogens (tertiary/aromatic N) is 4. The van der Waals surface area contributed by atoms with E-state index in [-0.39, 0.29) is 0 Å². The van der Waals surface area contributed by atoms with Crippen LogP contribution < -0.4 is 11.2 Å². The third-order valence-corrected chi connectivity index (χ3v) is 3.96. The molecular formula is C13H19N5O4. The van der Waals surface area contributed by atoms with Gasteiger partial charge in [0.15, 0.2) is 0 Å². The molecular weight excluding hydrogens is 290 g/mol. The van der Waals surface area contributed by atoms with Crippen molar-refractivity contribution in [2.45, 2.75) is 51.2 Å². The molecule has 120 valence electrons. The van der Waals surface area contributed by atoms with Gasteiger partial charge < -0.3 is 9.47 Å². The molecule has 1 aromatic heterocycles. The molecule has 1 aliphatic rings. The van der Waals surface area contributed by atoms with Crippen molar-refractivity contribution >= 4 is 0 Å². The number of rotatable bonds is 4. The van der Waals surface area contributed by atoms with E-state index in [2.05, 4.69) is 15.0 Å². The zero-order valence-corrected chi connectivity index (χ0v) is 12.9. The van der Waals surface area contributed by atoms with Gasteiger partial charge in [-0.25, -0.2) is 4.79 Å². The summed E-state index contributed by atoms with van der Waals surface area (Å²) < 4.78 is 12.6. The monoisotopic (exact) mass is 309 g/mol. The highest BCUT2D eigenvalue weighted by Gasteiger charge is 2.45. The molecule has 0 unspecified atom stereocenters. The summed E-state index contributed by atoms with van der Waals surface area (Å²) >= 11 is 0. The van der Waals surface area contributed by atoms with E-state index in [0.717, 1.165) is 0 Å². The molecule has 1 aliphatic heterocycles. The average molecular weight is 309 g/mol. The first kappa shape index (κ1) is 16.3. The molecule has 9 nitrogen and oxygen atoms in total. The molecule has 0 aromatic carbocycles. The first-order chi connectivity index (χ1) is 10.3. The summed E-state index contributed by atoms with van der Waals surface area (Å²) in [6.07, 6.45) is 0.643. The Kier molecular flexibility index (Phi) is 4.41. The van der Waals surface area contributed by atoms with Gasteiger partial charge in [0.05, 0.1) is 17.7 Å². The SMILES string of the molecule is COC(C)(C)[C@H]1O[C@@H](n2cc(C)c(=O)[nH]c2=O)C[C@@H]1N=[N+]=[N-]. The Morgan fingerprint density at radius 3 is 2.82 bits per heavy atom. The lowest BCUT2D eigenvalue weighted by molar-refractivity contribution is -0.122. The van der Waals surface area contributed by atoms with Crippen LogP contribution in [-0.2, 0) is 9.47 Å². The van der Waals surface area contributed by atoms with Gasteiger partial charge in [-0.3, -0.25) is 14.3 Å². The Morgan fingerprint density at radius 1 is 1.55 bits per heavy atom. The number of aromatic amines is 1. The molecule has 0 spiro atoms. The minimum absolute atomic E-state index is 0.326. The Balaban J connectivity index is 2.40. The first-order valence-corrected chi connectivity index (χ1v) is 6.87. The molecule has 2 rings (SSSR count). The van der Waals surface area contributed by atoms with Gasteiger partial charge in [0.2, 0.25) is 0 Å². The first-order valence-electron chi connectivity index (χ1n) is 6.87. The smallest absolute Gasteiger partial charge is 0.330 e. The molecule has 9 heteroatoms. The van der Waals surface area contributed by atoms with Crippen molar-refractivity contribution in [3.05, 3.63) is 43.0 Å². The van der Waals surface area contributed by atoms with Crippen molar-refractivity contribution in [3.8, 4) is 0 Å². The van der Waals surface area contributed by atoms with Gasteiger partial charge in [-0.05, 0) is 26.3 Å². The molecule has 0 amide bonds. The van der Waals surface area contributed by atoms with E-state index in [4.69, 9.17) is 15.0 Å². The van der Waals surface area contributed by atoms with Crippen molar-refractivity contribution in [2.75, 3.05) is 7.11 Å². The molecule has 1 aromatic rings. The number of aryl methyl sites for hydroxylation is 1. The maximum atomic E-state index is 12.0. The summed E-state index contributed by atoms with van der Waals surface area (Å²) in [4.78, 5) is 28.5. The van der Waals surface area contributed by atoms with E-state index >= 15 is 0 Å². The number of methoxy groups -OCH3 is 1.